The van der Waals surface area contributed by atoms with E-state index in [1.54, 1.807) is 0 Å². The first-order chi connectivity index (χ1) is 7.28. The van der Waals surface area contributed by atoms with Crippen molar-refractivity contribution in [3.8, 4) is 0 Å². The lowest BCUT2D eigenvalue weighted by Gasteiger charge is -2.33. The molecule has 16 heavy (non-hydrogen) atoms. The van der Waals surface area contributed by atoms with Crippen LogP contribution < -0.4 is 0 Å². The molecule has 10 heteroatoms. The third-order valence-corrected chi connectivity index (χ3v) is 18.4. The summed E-state index contributed by atoms with van der Waals surface area (Å²) in [6.07, 6.45) is 0. The summed E-state index contributed by atoms with van der Waals surface area (Å²) in [7, 11) is -8.35. The van der Waals surface area contributed by atoms with Gasteiger partial charge in [0, 0.05) is 0 Å². The Hall–Kier alpha value is 0.884. The fraction of sp³-hybridized carbons (Fsp3) is 1.00. The van der Waals surface area contributed by atoms with Crippen LogP contribution in [0.25, 0.3) is 0 Å². The first-order valence-electron chi connectivity index (χ1n) is 5.60. The van der Waals surface area contributed by atoms with E-state index < -0.39 is 45.7 Å². The van der Waals surface area contributed by atoms with E-state index in [2.05, 4.69) is 13.1 Å². The molecule has 1 aliphatic heterocycles. The SMILES string of the molecule is C[SiH]1O[SiH](C)O[SiH](C)O[Si](C)(C)O[SiH](C)O1. The van der Waals surface area contributed by atoms with Crippen LogP contribution in [0.1, 0.15) is 0 Å². The molecule has 0 aliphatic carbocycles. The molecule has 1 heterocycles. The average Bonchev–Trinajstić information content (AvgIpc) is 1.96. The van der Waals surface area contributed by atoms with E-state index in [4.69, 9.17) is 20.6 Å². The van der Waals surface area contributed by atoms with Crippen LogP contribution in [0.15, 0.2) is 0 Å². The van der Waals surface area contributed by atoms with E-state index in [1.807, 2.05) is 26.2 Å². The van der Waals surface area contributed by atoms with Gasteiger partial charge in [-0.25, -0.2) is 0 Å². The summed E-state index contributed by atoms with van der Waals surface area (Å²) < 4.78 is 29.3. The van der Waals surface area contributed by atoms with Crippen molar-refractivity contribution in [3.63, 3.8) is 0 Å². The van der Waals surface area contributed by atoms with Crippen molar-refractivity contribution in [2.45, 2.75) is 39.3 Å². The molecule has 0 saturated carbocycles. The minimum atomic E-state index is -2.05. The van der Waals surface area contributed by atoms with E-state index in [9.17, 15) is 0 Å². The maximum atomic E-state index is 5.95. The Balaban J connectivity index is 2.67. The molecular weight excluding hydrogens is 292 g/mol. The highest BCUT2D eigenvalue weighted by Crippen LogP contribution is 2.14. The number of hydrogen-bond donors (Lipinski definition) is 0. The van der Waals surface area contributed by atoms with E-state index in [0.717, 1.165) is 0 Å². The minimum Gasteiger partial charge on any atom is -0.420 e. The summed E-state index contributed by atoms with van der Waals surface area (Å²) in [5, 5.41) is 0. The molecule has 0 aromatic rings. The molecule has 5 nitrogen and oxygen atoms in total. The van der Waals surface area contributed by atoms with Crippen molar-refractivity contribution in [1.82, 2.24) is 0 Å². The highest BCUT2D eigenvalue weighted by Gasteiger charge is 2.34. The molecule has 0 aromatic heterocycles. The van der Waals surface area contributed by atoms with E-state index in [1.165, 1.54) is 0 Å². The van der Waals surface area contributed by atoms with Gasteiger partial charge in [0.2, 0.25) is 0 Å². The maximum Gasteiger partial charge on any atom is 0.313 e. The molecule has 0 radical (unpaired) electrons. The second-order valence-electron chi connectivity index (χ2n) is 4.31. The minimum absolute atomic E-state index is 1.56. The standard InChI is InChI=1S/C6H22O5Si5/c1-12-7-13(2)9-15(4)11-16(5,6)10-14(3)8-12/h12-15H,1-6H3. The van der Waals surface area contributed by atoms with Crippen molar-refractivity contribution in [3.05, 3.63) is 0 Å². The predicted octanol–water partition coefficient (Wildman–Crippen LogP) is 0.186. The van der Waals surface area contributed by atoms with Crippen molar-refractivity contribution < 1.29 is 20.6 Å². The summed E-state index contributed by atoms with van der Waals surface area (Å²) in [4.78, 5) is 0. The highest BCUT2D eigenvalue weighted by atomic mass is 28.5. The van der Waals surface area contributed by atoms with Crippen LogP contribution in [0.3, 0.4) is 0 Å². The third kappa shape index (κ3) is 5.48. The summed E-state index contributed by atoms with van der Waals surface area (Å²) in [5.41, 5.74) is 0. The van der Waals surface area contributed by atoms with Gasteiger partial charge < -0.3 is 20.6 Å². The lowest BCUT2D eigenvalue weighted by Crippen LogP contribution is -2.50. The fourth-order valence-electron chi connectivity index (χ4n) is 1.76. The Morgan fingerprint density at radius 3 is 1.31 bits per heavy atom. The highest BCUT2D eigenvalue weighted by molar-refractivity contribution is 6.79. The zero-order valence-corrected chi connectivity index (χ0v) is 16.5. The molecule has 0 N–H and O–H groups in total. The molecule has 96 valence electrons. The topological polar surface area (TPSA) is 46.2 Å². The molecule has 0 aromatic carbocycles. The Morgan fingerprint density at radius 2 is 0.938 bits per heavy atom. The number of hydrogen-bond acceptors (Lipinski definition) is 5. The van der Waals surface area contributed by atoms with Gasteiger partial charge in [0.15, 0.2) is 0 Å². The molecule has 1 aliphatic rings. The van der Waals surface area contributed by atoms with E-state index in [0.29, 0.717) is 0 Å². The Labute approximate surface area is 106 Å². The van der Waals surface area contributed by atoms with Gasteiger partial charge in [-0.15, -0.1) is 0 Å². The van der Waals surface area contributed by atoms with Gasteiger partial charge in [0.05, 0.1) is 0 Å². The van der Waals surface area contributed by atoms with E-state index >= 15 is 0 Å². The predicted molar refractivity (Wildman–Crippen MR) is 75.0 cm³/mol. The van der Waals surface area contributed by atoms with Gasteiger partial charge >= 0.3 is 8.56 Å². The normalized spacial score (nSPS) is 41.6. The second-order valence-corrected chi connectivity index (χ2v) is 16.8. The smallest absolute Gasteiger partial charge is 0.313 e. The van der Waals surface area contributed by atoms with Crippen LogP contribution in [-0.4, -0.2) is 45.7 Å². The molecule has 0 spiro atoms. The fourth-order valence-corrected chi connectivity index (χ4v) is 18.5. The summed E-state index contributed by atoms with van der Waals surface area (Å²) in [6.45, 7) is 12.3. The maximum absolute atomic E-state index is 5.95. The van der Waals surface area contributed by atoms with Crippen LogP contribution in [-0.2, 0) is 20.6 Å². The molecule has 0 bridgehead atoms. The zero-order chi connectivity index (χ0) is 12.3. The summed E-state index contributed by atoms with van der Waals surface area (Å²) in [6, 6.07) is 0. The molecule has 4 atom stereocenters. The lowest BCUT2D eigenvalue weighted by molar-refractivity contribution is 0.283. The van der Waals surface area contributed by atoms with Gasteiger partial charge in [0.1, 0.15) is 0 Å². The molecule has 4 unspecified atom stereocenters. The van der Waals surface area contributed by atoms with Crippen molar-refractivity contribution in [2.75, 3.05) is 0 Å². The Bertz CT molecular complexity index is 209. The lowest BCUT2D eigenvalue weighted by atomic mass is 11.9. The van der Waals surface area contributed by atoms with Gasteiger partial charge in [-0.2, -0.15) is 0 Å². The first-order valence-corrected chi connectivity index (χ1v) is 16.8. The van der Waals surface area contributed by atoms with E-state index in [-0.39, 0.29) is 0 Å². The van der Waals surface area contributed by atoms with Crippen LogP contribution in [0.2, 0.25) is 39.3 Å². The monoisotopic (exact) mass is 314 g/mol. The van der Waals surface area contributed by atoms with Crippen LogP contribution in [0, 0.1) is 0 Å². The Morgan fingerprint density at radius 1 is 0.625 bits per heavy atom. The average molecular weight is 315 g/mol. The largest absolute Gasteiger partial charge is 0.420 e. The van der Waals surface area contributed by atoms with Gasteiger partial charge in [0.25, 0.3) is 37.1 Å². The van der Waals surface area contributed by atoms with Crippen molar-refractivity contribution in [1.29, 1.82) is 0 Å². The van der Waals surface area contributed by atoms with Crippen LogP contribution >= 0.6 is 0 Å². The molecule has 1 rings (SSSR count). The summed E-state index contributed by atoms with van der Waals surface area (Å²) in [5.74, 6) is 0. The zero-order valence-electron chi connectivity index (χ0n) is 10.9. The van der Waals surface area contributed by atoms with Crippen LogP contribution in [0.4, 0.5) is 0 Å². The summed E-state index contributed by atoms with van der Waals surface area (Å²) >= 11 is 0. The molecule has 0 amide bonds. The quantitative estimate of drug-likeness (QED) is 0.597. The first kappa shape index (κ1) is 14.9. The third-order valence-electron chi connectivity index (χ3n) is 2.05. The van der Waals surface area contributed by atoms with Gasteiger partial charge in [-0.1, -0.05) is 0 Å². The number of rotatable bonds is 0. The molecular formula is C6H22O5Si5. The van der Waals surface area contributed by atoms with Gasteiger partial charge in [-0.05, 0) is 39.3 Å². The Kier molecular flexibility index (Phi) is 5.76. The second kappa shape index (κ2) is 6.17. The van der Waals surface area contributed by atoms with Crippen molar-refractivity contribution in [2.24, 2.45) is 0 Å². The van der Waals surface area contributed by atoms with Crippen LogP contribution in [0.5, 0.6) is 0 Å². The van der Waals surface area contributed by atoms with Crippen molar-refractivity contribution >= 4 is 45.7 Å². The van der Waals surface area contributed by atoms with Gasteiger partial charge in [-0.3, -0.25) is 0 Å². The molecule has 1 saturated heterocycles. The molecule has 1 fully saturated rings.